The Labute approximate surface area is 193 Å². The number of nitrogens with zero attached hydrogens (tertiary/aromatic N) is 3. The number of halogens is 1. The Morgan fingerprint density at radius 3 is 2.33 bits per heavy atom. The molecule has 164 valence electrons. The summed E-state index contributed by atoms with van der Waals surface area (Å²) in [5.41, 5.74) is 9.73. The second-order valence-corrected chi connectivity index (χ2v) is 6.67. The van der Waals surface area contributed by atoms with Gasteiger partial charge in [0.2, 0.25) is 5.91 Å². The van der Waals surface area contributed by atoms with Crippen molar-refractivity contribution in [3.8, 4) is 0 Å². The van der Waals surface area contributed by atoms with E-state index in [-0.39, 0.29) is 36.4 Å². The maximum absolute atomic E-state index is 11.9. The van der Waals surface area contributed by atoms with Crippen molar-refractivity contribution >= 4 is 41.8 Å². The molecule has 0 saturated heterocycles. The molecule has 30 heavy (non-hydrogen) atoms. The van der Waals surface area contributed by atoms with Crippen LogP contribution >= 0.6 is 24.0 Å². The van der Waals surface area contributed by atoms with Crippen LogP contribution in [0.5, 0.6) is 0 Å². The quantitative estimate of drug-likeness (QED) is 0.233. The van der Waals surface area contributed by atoms with Crippen LogP contribution < -0.4 is 21.7 Å². The Hall–Kier alpha value is -2.63. The molecule has 1 aromatic heterocycles. The van der Waals surface area contributed by atoms with Crippen molar-refractivity contribution in [2.24, 2.45) is 17.8 Å². The van der Waals surface area contributed by atoms with Crippen LogP contribution in [-0.4, -0.2) is 40.6 Å². The number of guanidine groups is 1. The number of hydrogen-bond acceptors (Lipinski definition) is 4. The summed E-state index contributed by atoms with van der Waals surface area (Å²) in [4.78, 5) is 27.3. The lowest BCUT2D eigenvalue weighted by atomic mass is 10.1. The van der Waals surface area contributed by atoms with Gasteiger partial charge in [-0.05, 0) is 38.5 Å². The standard InChI is InChI=1S/C20H29N7O2.HI/c1-5-22-20(25-11-17-13(2)26-27(4)14(17)3)24-10-15-6-8-16(9-7-15)19(29)23-12-18(21)28;/h6-9H,5,10-12H2,1-4H3,(H2,21,28)(H,23,29)(H2,22,24,25);1H. The van der Waals surface area contributed by atoms with Crippen molar-refractivity contribution in [3.63, 3.8) is 0 Å². The molecule has 1 heterocycles. The van der Waals surface area contributed by atoms with Crippen LogP contribution in [0.2, 0.25) is 0 Å². The third-order valence-corrected chi connectivity index (χ3v) is 4.49. The van der Waals surface area contributed by atoms with Gasteiger partial charge in [0.1, 0.15) is 0 Å². The first-order chi connectivity index (χ1) is 13.8. The minimum absolute atomic E-state index is 0. The van der Waals surface area contributed by atoms with Gasteiger partial charge in [-0.25, -0.2) is 4.99 Å². The SMILES string of the molecule is CCNC(=NCc1ccc(C(=O)NCC(N)=O)cc1)NCc1c(C)nn(C)c1C.I. The summed E-state index contributed by atoms with van der Waals surface area (Å²) in [6, 6.07) is 7.07. The Morgan fingerprint density at radius 1 is 1.13 bits per heavy atom. The highest BCUT2D eigenvalue weighted by Crippen LogP contribution is 2.11. The minimum atomic E-state index is -0.579. The molecule has 9 nitrogen and oxygen atoms in total. The van der Waals surface area contributed by atoms with Crippen LogP contribution in [0, 0.1) is 13.8 Å². The molecule has 10 heteroatoms. The lowest BCUT2D eigenvalue weighted by Crippen LogP contribution is -2.37. The molecule has 0 unspecified atom stereocenters. The van der Waals surface area contributed by atoms with Gasteiger partial charge in [-0.15, -0.1) is 24.0 Å². The monoisotopic (exact) mass is 527 g/mol. The number of aryl methyl sites for hydroxylation is 2. The zero-order chi connectivity index (χ0) is 21.4. The first kappa shape index (κ1) is 25.4. The fourth-order valence-electron chi connectivity index (χ4n) is 2.79. The lowest BCUT2D eigenvalue weighted by molar-refractivity contribution is -0.117. The molecular weight excluding hydrogens is 497 g/mol. The van der Waals surface area contributed by atoms with E-state index >= 15 is 0 Å². The van der Waals surface area contributed by atoms with Crippen molar-refractivity contribution in [1.29, 1.82) is 0 Å². The predicted octanol–water partition coefficient (Wildman–Crippen LogP) is 1.13. The highest BCUT2D eigenvalue weighted by Gasteiger charge is 2.10. The zero-order valence-corrected chi connectivity index (χ0v) is 20.1. The van der Waals surface area contributed by atoms with Gasteiger partial charge in [0.05, 0.1) is 18.8 Å². The Morgan fingerprint density at radius 2 is 1.80 bits per heavy atom. The molecular formula is C20H30IN7O2. The smallest absolute Gasteiger partial charge is 0.251 e. The number of benzene rings is 1. The summed E-state index contributed by atoms with van der Waals surface area (Å²) in [7, 11) is 1.93. The van der Waals surface area contributed by atoms with E-state index < -0.39 is 5.91 Å². The van der Waals surface area contributed by atoms with Crippen molar-refractivity contribution in [2.75, 3.05) is 13.1 Å². The van der Waals surface area contributed by atoms with E-state index in [0.717, 1.165) is 29.1 Å². The fourth-order valence-corrected chi connectivity index (χ4v) is 2.79. The summed E-state index contributed by atoms with van der Waals surface area (Å²) in [5.74, 6) is -0.209. The molecule has 0 aliphatic heterocycles. The summed E-state index contributed by atoms with van der Waals surface area (Å²) in [6.45, 7) is 7.71. The molecule has 0 aliphatic carbocycles. The number of nitrogens with two attached hydrogens (primary N) is 1. The number of hydrogen-bond donors (Lipinski definition) is 4. The number of rotatable bonds is 8. The summed E-state index contributed by atoms with van der Waals surface area (Å²) >= 11 is 0. The molecule has 0 bridgehead atoms. The average molecular weight is 527 g/mol. The van der Waals surface area contributed by atoms with Gasteiger partial charge in [0.25, 0.3) is 5.91 Å². The number of carbonyl (C=O) groups excluding carboxylic acids is 2. The number of amides is 2. The van der Waals surface area contributed by atoms with Gasteiger partial charge >= 0.3 is 0 Å². The number of nitrogens with one attached hydrogen (secondary N) is 3. The summed E-state index contributed by atoms with van der Waals surface area (Å²) in [6.07, 6.45) is 0. The van der Waals surface area contributed by atoms with E-state index in [2.05, 4.69) is 26.0 Å². The third-order valence-electron chi connectivity index (χ3n) is 4.49. The number of carbonyl (C=O) groups is 2. The highest BCUT2D eigenvalue weighted by molar-refractivity contribution is 14.0. The van der Waals surface area contributed by atoms with Crippen molar-refractivity contribution in [3.05, 3.63) is 52.3 Å². The van der Waals surface area contributed by atoms with Crippen LogP contribution in [0.15, 0.2) is 29.3 Å². The third kappa shape index (κ3) is 7.32. The molecule has 2 rings (SSSR count). The Balaban J connectivity index is 0.00000450. The maximum Gasteiger partial charge on any atom is 0.251 e. The van der Waals surface area contributed by atoms with E-state index in [9.17, 15) is 9.59 Å². The first-order valence-corrected chi connectivity index (χ1v) is 9.48. The first-order valence-electron chi connectivity index (χ1n) is 9.48. The second kappa shape index (κ2) is 12.2. The Bertz CT molecular complexity index is 891. The maximum atomic E-state index is 11.9. The molecule has 2 amide bonds. The molecule has 2 aromatic rings. The van der Waals surface area contributed by atoms with Crippen LogP contribution in [0.1, 0.15) is 39.8 Å². The summed E-state index contributed by atoms with van der Waals surface area (Å²) in [5, 5.41) is 13.5. The van der Waals surface area contributed by atoms with E-state index in [1.165, 1.54) is 0 Å². The highest BCUT2D eigenvalue weighted by atomic mass is 127. The molecule has 5 N–H and O–H groups in total. The lowest BCUT2D eigenvalue weighted by Gasteiger charge is -2.12. The Kier molecular flexibility index (Phi) is 10.3. The molecule has 0 aliphatic rings. The topological polar surface area (TPSA) is 126 Å². The van der Waals surface area contributed by atoms with Gasteiger partial charge < -0.3 is 21.7 Å². The summed E-state index contributed by atoms with van der Waals surface area (Å²) < 4.78 is 1.87. The van der Waals surface area contributed by atoms with Crippen LogP contribution in [0.25, 0.3) is 0 Å². The second-order valence-electron chi connectivity index (χ2n) is 6.67. The number of aromatic nitrogens is 2. The molecule has 1 aromatic carbocycles. The number of primary amides is 1. The molecule has 0 fully saturated rings. The van der Waals surface area contributed by atoms with Gasteiger partial charge in [-0.2, -0.15) is 5.10 Å². The molecule has 0 saturated carbocycles. The van der Waals surface area contributed by atoms with Crippen LogP contribution in [0.3, 0.4) is 0 Å². The number of aliphatic imine (C=N–C) groups is 1. The predicted molar refractivity (Wildman–Crippen MR) is 128 cm³/mol. The largest absolute Gasteiger partial charge is 0.368 e. The van der Waals surface area contributed by atoms with Crippen LogP contribution in [0.4, 0.5) is 0 Å². The van der Waals surface area contributed by atoms with Crippen molar-refractivity contribution in [2.45, 2.75) is 33.9 Å². The van der Waals surface area contributed by atoms with E-state index in [1.54, 1.807) is 12.1 Å². The zero-order valence-electron chi connectivity index (χ0n) is 17.8. The van der Waals surface area contributed by atoms with E-state index in [1.807, 2.05) is 44.6 Å². The molecule has 0 spiro atoms. The molecule has 0 radical (unpaired) electrons. The van der Waals surface area contributed by atoms with Gasteiger partial charge in [0.15, 0.2) is 5.96 Å². The van der Waals surface area contributed by atoms with Gasteiger partial charge in [-0.3, -0.25) is 14.3 Å². The van der Waals surface area contributed by atoms with Gasteiger partial charge in [-0.1, -0.05) is 12.1 Å². The normalized spacial score (nSPS) is 10.9. The minimum Gasteiger partial charge on any atom is -0.368 e. The average Bonchev–Trinajstić information content (AvgIpc) is 2.94. The van der Waals surface area contributed by atoms with Crippen LogP contribution in [-0.2, 0) is 24.9 Å². The van der Waals surface area contributed by atoms with E-state index in [4.69, 9.17) is 5.73 Å². The molecule has 0 atom stereocenters. The van der Waals surface area contributed by atoms with Gasteiger partial charge in [0, 0.05) is 37.0 Å². The van der Waals surface area contributed by atoms with Crippen molar-refractivity contribution in [1.82, 2.24) is 25.7 Å². The van der Waals surface area contributed by atoms with E-state index in [0.29, 0.717) is 24.6 Å². The van der Waals surface area contributed by atoms with Crippen molar-refractivity contribution < 1.29 is 9.59 Å². The fraction of sp³-hybridized carbons (Fsp3) is 0.400.